The molecule has 0 spiro atoms. The van der Waals surface area contributed by atoms with E-state index in [1.165, 1.54) is 4.88 Å². The van der Waals surface area contributed by atoms with Crippen molar-refractivity contribution in [3.8, 4) is 5.75 Å². The summed E-state index contributed by atoms with van der Waals surface area (Å²) in [5.74, 6) is 1.88. The first-order valence-corrected chi connectivity index (χ1v) is 6.19. The Balaban J connectivity index is 2.02. The fraction of sp³-hybridized carbons (Fsp3) is 0.300. The molecule has 0 saturated heterocycles. The van der Waals surface area contributed by atoms with E-state index < -0.39 is 0 Å². The Bertz CT molecular complexity index is 505. The molecular weight excluding hydrogens is 278 g/mol. The molecule has 5 heteroatoms. The van der Waals surface area contributed by atoms with Crippen LogP contribution in [0, 0.1) is 6.92 Å². The lowest BCUT2D eigenvalue weighted by Crippen LogP contribution is -2.01. The molecular formula is C10H8BrNO2S. The lowest BCUT2D eigenvalue weighted by Gasteiger charge is -2.01. The van der Waals surface area contributed by atoms with Crippen LogP contribution < -0.4 is 4.74 Å². The molecule has 3 heterocycles. The van der Waals surface area contributed by atoms with Crippen LogP contribution >= 0.6 is 27.3 Å². The summed E-state index contributed by atoms with van der Waals surface area (Å²) in [5.41, 5.74) is 0. The van der Waals surface area contributed by atoms with Gasteiger partial charge in [-0.3, -0.25) is 0 Å². The SMILES string of the molecule is Cc1cnc(C2COc3cc(Br)oc32)s1. The van der Waals surface area contributed by atoms with Gasteiger partial charge in [0.1, 0.15) is 17.5 Å². The van der Waals surface area contributed by atoms with Crippen LogP contribution in [0.15, 0.2) is 21.3 Å². The van der Waals surface area contributed by atoms with Crippen molar-refractivity contribution in [2.75, 3.05) is 6.61 Å². The van der Waals surface area contributed by atoms with Crippen LogP contribution in [0.2, 0.25) is 0 Å². The number of hydrogen-bond donors (Lipinski definition) is 0. The van der Waals surface area contributed by atoms with Gasteiger partial charge in [0.2, 0.25) is 0 Å². The molecule has 0 aliphatic carbocycles. The molecule has 1 aliphatic heterocycles. The van der Waals surface area contributed by atoms with E-state index in [-0.39, 0.29) is 5.92 Å². The number of halogens is 1. The molecule has 0 N–H and O–H groups in total. The fourth-order valence-corrected chi connectivity index (χ4v) is 2.92. The van der Waals surface area contributed by atoms with Crippen molar-refractivity contribution in [1.29, 1.82) is 0 Å². The van der Waals surface area contributed by atoms with Gasteiger partial charge < -0.3 is 9.15 Å². The average molecular weight is 286 g/mol. The van der Waals surface area contributed by atoms with Gasteiger partial charge in [0, 0.05) is 17.1 Å². The van der Waals surface area contributed by atoms with E-state index in [1.807, 2.05) is 12.3 Å². The van der Waals surface area contributed by atoms with Gasteiger partial charge in [0.15, 0.2) is 16.2 Å². The van der Waals surface area contributed by atoms with Crippen molar-refractivity contribution >= 4 is 27.3 Å². The minimum absolute atomic E-state index is 0.157. The molecule has 0 aromatic carbocycles. The second-order valence-electron chi connectivity index (χ2n) is 3.45. The van der Waals surface area contributed by atoms with Crippen LogP contribution in [-0.4, -0.2) is 11.6 Å². The zero-order valence-electron chi connectivity index (χ0n) is 7.99. The van der Waals surface area contributed by atoms with Crippen LogP contribution in [0.1, 0.15) is 21.6 Å². The smallest absolute Gasteiger partial charge is 0.173 e. The number of aryl methyl sites for hydroxylation is 1. The summed E-state index contributed by atoms with van der Waals surface area (Å²) in [6.45, 7) is 2.68. The Hall–Kier alpha value is -0.810. The summed E-state index contributed by atoms with van der Waals surface area (Å²) in [4.78, 5) is 5.58. The van der Waals surface area contributed by atoms with E-state index in [4.69, 9.17) is 9.15 Å². The standard InChI is InChI=1S/C10H8BrNO2S/c1-5-3-12-10(15-5)6-4-13-7-2-8(11)14-9(6)7/h2-3,6H,4H2,1H3. The van der Waals surface area contributed by atoms with Crippen molar-refractivity contribution < 1.29 is 9.15 Å². The van der Waals surface area contributed by atoms with E-state index in [0.29, 0.717) is 11.3 Å². The highest BCUT2D eigenvalue weighted by Crippen LogP contribution is 2.42. The zero-order chi connectivity index (χ0) is 10.4. The van der Waals surface area contributed by atoms with Crippen molar-refractivity contribution in [1.82, 2.24) is 4.98 Å². The third-order valence-corrected chi connectivity index (χ3v) is 3.77. The maximum Gasteiger partial charge on any atom is 0.173 e. The number of thiazole rings is 1. The van der Waals surface area contributed by atoms with Crippen molar-refractivity contribution in [2.24, 2.45) is 0 Å². The molecule has 0 amide bonds. The van der Waals surface area contributed by atoms with Gasteiger partial charge in [-0.15, -0.1) is 11.3 Å². The third kappa shape index (κ3) is 1.50. The third-order valence-electron chi connectivity index (χ3n) is 2.35. The molecule has 2 aromatic heterocycles. The first kappa shape index (κ1) is 9.42. The Labute approximate surface area is 99.2 Å². The molecule has 3 nitrogen and oxygen atoms in total. The van der Waals surface area contributed by atoms with Gasteiger partial charge in [-0.05, 0) is 22.9 Å². The van der Waals surface area contributed by atoms with Gasteiger partial charge >= 0.3 is 0 Å². The highest BCUT2D eigenvalue weighted by molar-refractivity contribution is 9.10. The fourth-order valence-electron chi connectivity index (χ4n) is 1.68. The van der Waals surface area contributed by atoms with Crippen molar-refractivity contribution in [2.45, 2.75) is 12.8 Å². The van der Waals surface area contributed by atoms with E-state index >= 15 is 0 Å². The van der Waals surface area contributed by atoms with E-state index in [9.17, 15) is 0 Å². The lowest BCUT2D eigenvalue weighted by atomic mass is 10.1. The van der Waals surface area contributed by atoms with Gasteiger partial charge in [0.05, 0.1) is 0 Å². The van der Waals surface area contributed by atoms with E-state index in [1.54, 1.807) is 11.3 Å². The molecule has 1 unspecified atom stereocenters. The summed E-state index contributed by atoms with van der Waals surface area (Å²) in [7, 11) is 0. The molecule has 3 rings (SSSR count). The number of ether oxygens (including phenoxy) is 1. The van der Waals surface area contributed by atoms with Crippen molar-refractivity contribution in [3.05, 3.63) is 32.6 Å². The quantitative estimate of drug-likeness (QED) is 0.806. The molecule has 2 aromatic rings. The average Bonchev–Trinajstić information content (AvgIpc) is 2.80. The van der Waals surface area contributed by atoms with Crippen LogP contribution in [-0.2, 0) is 0 Å². The molecule has 1 atom stereocenters. The highest BCUT2D eigenvalue weighted by Gasteiger charge is 2.32. The monoisotopic (exact) mass is 285 g/mol. The molecule has 78 valence electrons. The predicted octanol–water partition coefficient (Wildman–Crippen LogP) is 3.33. The predicted molar refractivity (Wildman–Crippen MR) is 60.6 cm³/mol. The first-order chi connectivity index (χ1) is 7.24. The van der Waals surface area contributed by atoms with Crippen LogP contribution in [0.4, 0.5) is 0 Å². The number of hydrogen-bond acceptors (Lipinski definition) is 4. The topological polar surface area (TPSA) is 35.3 Å². The maximum absolute atomic E-state index is 5.56. The number of furan rings is 1. The number of fused-ring (bicyclic) bond motifs is 1. The highest BCUT2D eigenvalue weighted by atomic mass is 79.9. The largest absolute Gasteiger partial charge is 0.489 e. The molecule has 15 heavy (non-hydrogen) atoms. The second kappa shape index (κ2) is 3.35. The summed E-state index contributed by atoms with van der Waals surface area (Å²) >= 11 is 4.99. The number of nitrogens with zero attached hydrogens (tertiary/aromatic N) is 1. The van der Waals surface area contributed by atoms with Gasteiger partial charge in [-0.1, -0.05) is 0 Å². The summed E-state index contributed by atoms with van der Waals surface area (Å²) in [5, 5.41) is 1.06. The maximum atomic E-state index is 5.56. The molecule has 0 bridgehead atoms. The summed E-state index contributed by atoms with van der Waals surface area (Å²) in [6.07, 6.45) is 1.88. The second-order valence-corrected chi connectivity index (χ2v) is 5.50. The van der Waals surface area contributed by atoms with Gasteiger partial charge in [-0.25, -0.2) is 4.98 Å². The van der Waals surface area contributed by atoms with Crippen LogP contribution in [0.25, 0.3) is 0 Å². The van der Waals surface area contributed by atoms with Gasteiger partial charge in [-0.2, -0.15) is 0 Å². The normalized spacial score (nSPS) is 18.9. The van der Waals surface area contributed by atoms with E-state index in [0.717, 1.165) is 16.5 Å². The first-order valence-electron chi connectivity index (χ1n) is 4.58. The lowest BCUT2D eigenvalue weighted by molar-refractivity contribution is 0.339. The van der Waals surface area contributed by atoms with E-state index in [2.05, 4.69) is 27.8 Å². The van der Waals surface area contributed by atoms with Crippen LogP contribution in [0.5, 0.6) is 5.75 Å². The minimum atomic E-state index is 0.157. The Morgan fingerprint density at radius 2 is 2.47 bits per heavy atom. The molecule has 0 fully saturated rings. The van der Waals surface area contributed by atoms with Gasteiger partial charge in [0.25, 0.3) is 0 Å². The Kier molecular flexibility index (Phi) is 2.10. The minimum Gasteiger partial charge on any atom is -0.489 e. The summed E-state index contributed by atoms with van der Waals surface area (Å²) < 4.78 is 11.8. The Morgan fingerprint density at radius 3 is 3.20 bits per heavy atom. The number of rotatable bonds is 1. The Morgan fingerprint density at radius 1 is 1.60 bits per heavy atom. The summed E-state index contributed by atoms with van der Waals surface area (Å²) in [6, 6.07) is 1.86. The molecule has 0 radical (unpaired) electrons. The molecule has 1 aliphatic rings. The van der Waals surface area contributed by atoms with Crippen molar-refractivity contribution in [3.63, 3.8) is 0 Å². The van der Waals surface area contributed by atoms with Crippen LogP contribution in [0.3, 0.4) is 0 Å². The zero-order valence-corrected chi connectivity index (χ0v) is 10.4. The molecule has 0 saturated carbocycles. The number of aromatic nitrogens is 1.